The maximum Gasteiger partial charge on any atom is 0.225 e. The van der Waals surface area contributed by atoms with Crippen LogP contribution in [-0.2, 0) is 11.2 Å². The predicted molar refractivity (Wildman–Crippen MR) is 71.5 cm³/mol. The maximum absolute atomic E-state index is 11.6. The van der Waals surface area contributed by atoms with Crippen molar-refractivity contribution in [3.63, 3.8) is 0 Å². The van der Waals surface area contributed by atoms with Gasteiger partial charge in [-0.1, -0.05) is 12.1 Å². The molecule has 0 saturated heterocycles. The van der Waals surface area contributed by atoms with Crippen LogP contribution in [0.4, 0.5) is 5.69 Å². The van der Waals surface area contributed by atoms with Crippen LogP contribution in [0.15, 0.2) is 24.3 Å². The molecule has 1 amide bonds. The molecule has 0 unspecified atom stereocenters. The molecule has 1 saturated carbocycles. The highest BCUT2D eigenvalue weighted by molar-refractivity contribution is 5.90. The van der Waals surface area contributed by atoms with Crippen LogP contribution in [0, 0.1) is 0 Å². The van der Waals surface area contributed by atoms with Crippen LogP contribution in [0.3, 0.4) is 0 Å². The zero-order valence-corrected chi connectivity index (χ0v) is 10.5. The molecule has 4 heteroatoms. The van der Waals surface area contributed by atoms with Gasteiger partial charge in [0.1, 0.15) is 0 Å². The van der Waals surface area contributed by atoms with Gasteiger partial charge in [0.15, 0.2) is 0 Å². The zero-order valence-electron chi connectivity index (χ0n) is 10.5. The largest absolute Gasteiger partial charge is 0.396 e. The van der Waals surface area contributed by atoms with Crippen LogP contribution in [0.2, 0.25) is 0 Å². The first-order valence-electron chi connectivity index (χ1n) is 6.51. The summed E-state index contributed by atoms with van der Waals surface area (Å²) in [7, 11) is 0. The molecular formula is C14H20N2O2. The maximum atomic E-state index is 11.6. The van der Waals surface area contributed by atoms with E-state index >= 15 is 0 Å². The molecule has 1 aromatic rings. The minimum Gasteiger partial charge on any atom is -0.396 e. The Labute approximate surface area is 107 Å². The highest BCUT2D eigenvalue weighted by Gasteiger charge is 2.19. The number of amides is 1. The number of nitrogens with one attached hydrogen (secondary N) is 2. The fourth-order valence-electron chi connectivity index (χ4n) is 1.78. The highest BCUT2D eigenvalue weighted by atomic mass is 16.2. The molecule has 4 nitrogen and oxygen atoms in total. The third-order valence-corrected chi connectivity index (χ3v) is 3.00. The van der Waals surface area contributed by atoms with E-state index in [0.29, 0.717) is 18.9 Å². The van der Waals surface area contributed by atoms with Gasteiger partial charge < -0.3 is 15.7 Å². The molecule has 0 aromatic heterocycles. The molecule has 1 aliphatic rings. The first-order chi connectivity index (χ1) is 8.78. The fourth-order valence-corrected chi connectivity index (χ4v) is 1.78. The van der Waals surface area contributed by atoms with E-state index in [-0.39, 0.29) is 12.5 Å². The Hall–Kier alpha value is -1.39. The molecule has 0 heterocycles. The quantitative estimate of drug-likeness (QED) is 0.681. The predicted octanol–water partition coefficient (Wildman–Crippen LogP) is 1.30. The van der Waals surface area contributed by atoms with E-state index in [9.17, 15) is 4.79 Å². The molecule has 1 fully saturated rings. The van der Waals surface area contributed by atoms with Gasteiger partial charge >= 0.3 is 0 Å². The molecule has 0 radical (unpaired) electrons. The molecule has 1 aliphatic carbocycles. The van der Waals surface area contributed by atoms with Crippen molar-refractivity contribution in [2.45, 2.75) is 31.7 Å². The van der Waals surface area contributed by atoms with Gasteiger partial charge in [0.2, 0.25) is 5.91 Å². The minimum absolute atomic E-state index is 0.0399. The van der Waals surface area contributed by atoms with E-state index in [1.807, 2.05) is 24.3 Å². The third-order valence-electron chi connectivity index (χ3n) is 3.00. The van der Waals surface area contributed by atoms with Crippen LogP contribution in [-0.4, -0.2) is 30.2 Å². The summed E-state index contributed by atoms with van der Waals surface area (Å²) in [5, 5.41) is 15.0. The summed E-state index contributed by atoms with van der Waals surface area (Å²) in [6, 6.07) is 8.24. The van der Waals surface area contributed by atoms with Crippen LogP contribution in [0.5, 0.6) is 0 Å². The van der Waals surface area contributed by atoms with Crippen molar-refractivity contribution in [2.24, 2.45) is 0 Å². The molecule has 1 aromatic carbocycles. The molecule has 18 heavy (non-hydrogen) atoms. The van der Waals surface area contributed by atoms with Gasteiger partial charge in [0, 0.05) is 31.3 Å². The molecule has 0 aliphatic heterocycles. The van der Waals surface area contributed by atoms with Gasteiger partial charge in [-0.2, -0.15) is 0 Å². The van der Waals surface area contributed by atoms with Gasteiger partial charge in [-0.25, -0.2) is 0 Å². The van der Waals surface area contributed by atoms with Crippen molar-refractivity contribution in [2.75, 3.05) is 18.5 Å². The van der Waals surface area contributed by atoms with Crippen molar-refractivity contribution in [3.05, 3.63) is 29.8 Å². The number of aliphatic hydroxyl groups is 1. The second-order valence-electron chi connectivity index (χ2n) is 4.70. The summed E-state index contributed by atoms with van der Waals surface area (Å²) in [4.78, 5) is 11.6. The first-order valence-corrected chi connectivity index (χ1v) is 6.51. The van der Waals surface area contributed by atoms with Crippen molar-refractivity contribution < 1.29 is 9.90 Å². The number of carbonyl (C=O) groups is 1. The van der Waals surface area contributed by atoms with Gasteiger partial charge in [-0.3, -0.25) is 4.79 Å². The zero-order chi connectivity index (χ0) is 12.8. The normalized spacial score (nSPS) is 14.5. The monoisotopic (exact) mass is 248 g/mol. The molecule has 0 bridgehead atoms. The van der Waals surface area contributed by atoms with Crippen LogP contribution in [0.1, 0.15) is 24.8 Å². The Balaban J connectivity index is 1.71. The average Bonchev–Trinajstić information content (AvgIpc) is 3.16. The van der Waals surface area contributed by atoms with Gasteiger partial charge in [0.25, 0.3) is 0 Å². The number of rotatable bonds is 7. The Kier molecular flexibility index (Phi) is 4.73. The van der Waals surface area contributed by atoms with Crippen LogP contribution >= 0.6 is 0 Å². The average molecular weight is 248 g/mol. The second-order valence-corrected chi connectivity index (χ2v) is 4.70. The van der Waals surface area contributed by atoms with Crippen LogP contribution in [0.25, 0.3) is 0 Å². The standard InChI is InChI=1S/C14H20N2O2/c17-10-8-11-1-3-13(4-2-11)16-14(18)7-9-15-12-5-6-12/h1-4,12,15,17H,5-10H2,(H,16,18). The Morgan fingerprint density at radius 2 is 2.00 bits per heavy atom. The number of carbonyl (C=O) groups excluding carboxylic acids is 1. The SMILES string of the molecule is O=C(CCNC1CC1)Nc1ccc(CCO)cc1. The van der Waals surface area contributed by atoms with Crippen molar-refractivity contribution >= 4 is 11.6 Å². The number of hydrogen-bond donors (Lipinski definition) is 3. The summed E-state index contributed by atoms with van der Waals surface area (Å²) in [5.74, 6) is 0.0399. The number of aliphatic hydroxyl groups excluding tert-OH is 1. The Morgan fingerprint density at radius 1 is 1.28 bits per heavy atom. The van der Waals surface area contributed by atoms with Crippen molar-refractivity contribution in [3.8, 4) is 0 Å². The van der Waals surface area contributed by atoms with E-state index < -0.39 is 0 Å². The molecular weight excluding hydrogens is 228 g/mol. The number of hydrogen-bond acceptors (Lipinski definition) is 3. The van der Waals surface area contributed by atoms with E-state index in [1.165, 1.54) is 12.8 Å². The molecule has 98 valence electrons. The van der Waals surface area contributed by atoms with Gasteiger partial charge in [-0.15, -0.1) is 0 Å². The fraction of sp³-hybridized carbons (Fsp3) is 0.500. The first kappa shape index (κ1) is 13.1. The second kappa shape index (κ2) is 6.52. The summed E-state index contributed by atoms with van der Waals surface area (Å²) >= 11 is 0. The summed E-state index contributed by atoms with van der Waals surface area (Å²) in [6.07, 6.45) is 3.65. The van der Waals surface area contributed by atoms with Crippen molar-refractivity contribution in [1.82, 2.24) is 5.32 Å². The summed E-state index contributed by atoms with van der Waals surface area (Å²) in [5.41, 5.74) is 1.89. The lowest BCUT2D eigenvalue weighted by atomic mass is 10.1. The smallest absolute Gasteiger partial charge is 0.225 e. The molecule has 2 rings (SSSR count). The Bertz CT molecular complexity index is 385. The Morgan fingerprint density at radius 3 is 2.61 bits per heavy atom. The highest BCUT2D eigenvalue weighted by Crippen LogP contribution is 2.18. The van der Waals surface area contributed by atoms with E-state index in [2.05, 4.69) is 10.6 Å². The lowest BCUT2D eigenvalue weighted by Gasteiger charge is -2.06. The summed E-state index contributed by atoms with van der Waals surface area (Å²) in [6.45, 7) is 0.900. The summed E-state index contributed by atoms with van der Waals surface area (Å²) < 4.78 is 0. The lowest BCUT2D eigenvalue weighted by Crippen LogP contribution is -2.23. The molecule has 0 spiro atoms. The van der Waals surface area contributed by atoms with Gasteiger partial charge in [0.05, 0.1) is 0 Å². The lowest BCUT2D eigenvalue weighted by molar-refractivity contribution is -0.116. The minimum atomic E-state index is 0.0399. The third kappa shape index (κ3) is 4.47. The number of anilines is 1. The topological polar surface area (TPSA) is 61.4 Å². The molecule has 3 N–H and O–H groups in total. The van der Waals surface area contributed by atoms with Gasteiger partial charge in [-0.05, 0) is 37.0 Å². The molecule has 0 atom stereocenters. The van der Waals surface area contributed by atoms with E-state index in [0.717, 1.165) is 17.8 Å². The van der Waals surface area contributed by atoms with Crippen molar-refractivity contribution in [1.29, 1.82) is 0 Å². The van der Waals surface area contributed by atoms with E-state index in [4.69, 9.17) is 5.11 Å². The van der Waals surface area contributed by atoms with E-state index in [1.54, 1.807) is 0 Å². The van der Waals surface area contributed by atoms with Crippen LogP contribution < -0.4 is 10.6 Å². The number of benzene rings is 1.